The van der Waals surface area contributed by atoms with Gasteiger partial charge in [-0.05, 0) is 12.1 Å². The first kappa shape index (κ1) is 11.7. The number of rotatable bonds is 5. The van der Waals surface area contributed by atoms with Crippen molar-refractivity contribution in [1.29, 1.82) is 5.26 Å². The van der Waals surface area contributed by atoms with Crippen molar-refractivity contribution in [3.8, 4) is 6.07 Å². The summed E-state index contributed by atoms with van der Waals surface area (Å²) in [5.74, 6) is 0. The molecule has 0 saturated heterocycles. The lowest BCUT2D eigenvalue weighted by Gasteiger charge is -2.20. The summed E-state index contributed by atoms with van der Waals surface area (Å²) in [5, 5.41) is 18.5. The molecule has 0 saturated carbocycles. The van der Waals surface area contributed by atoms with Crippen LogP contribution in [0.25, 0.3) is 0 Å². The van der Waals surface area contributed by atoms with Crippen LogP contribution >= 0.6 is 0 Å². The minimum atomic E-state index is -0.514. The summed E-state index contributed by atoms with van der Waals surface area (Å²) in [6, 6.07) is 11.6. The van der Waals surface area contributed by atoms with Crippen molar-refractivity contribution < 1.29 is 5.11 Å². The van der Waals surface area contributed by atoms with Crippen molar-refractivity contribution in [3.63, 3.8) is 0 Å². The first-order valence-electron chi connectivity index (χ1n) is 5.10. The van der Waals surface area contributed by atoms with Gasteiger partial charge in [0.1, 0.15) is 0 Å². The molecule has 0 aliphatic heterocycles. The van der Waals surface area contributed by atoms with Crippen LogP contribution in [-0.2, 0) is 0 Å². The van der Waals surface area contributed by atoms with Gasteiger partial charge in [0.2, 0.25) is 0 Å². The van der Waals surface area contributed by atoms with Crippen molar-refractivity contribution in [2.75, 3.05) is 19.6 Å². The summed E-state index contributed by atoms with van der Waals surface area (Å²) < 4.78 is 0. The van der Waals surface area contributed by atoms with Gasteiger partial charge in [-0.1, -0.05) is 37.3 Å². The second-order valence-electron chi connectivity index (χ2n) is 3.41. The number of benzene rings is 1. The van der Waals surface area contributed by atoms with E-state index >= 15 is 0 Å². The zero-order valence-electron chi connectivity index (χ0n) is 8.93. The molecule has 1 rings (SSSR count). The molecular weight excluding hydrogens is 188 g/mol. The van der Waals surface area contributed by atoms with Crippen molar-refractivity contribution in [3.05, 3.63) is 35.9 Å². The van der Waals surface area contributed by atoms with E-state index in [4.69, 9.17) is 5.26 Å². The van der Waals surface area contributed by atoms with E-state index in [0.29, 0.717) is 13.1 Å². The monoisotopic (exact) mass is 204 g/mol. The van der Waals surface area contributed by atoms with E-state index < -0.39 is 6.10 Å². The highest BCUT2D eigenvalue weighted by Crippen LogP contribution is 2.13. The molecule has 0 spiro atoms. The van der Waals surface area contributed by atoms with Gasteiger partial charge in [-0.2, -0.15) is 5.26 Å². The van der Waals surface area contributed by atoms with E-state index in [0.717, 1.165) is 12.1 Å². The van der Waals surface area contributed by atoms with Gasteiger partial charge in [0, 0.05) is 6.54 Å². The smallest absolute Gasteiger partial charge is 0.0917 e. The van der Waals surface area contributed by atoms with Gasteiger partial charge in [0.05, 0.1) is 18.7 Å². The van der Waals surface area contributed by atoms with Crippen LogP contribution in [0.15, 0.2) is 30.3 Å². The fourth-order valence-electron chi connectivity index (χ4n) is 1.43. The summed E-state index contributed by atoms with van der Waals surface area (Å²) in [4.78, 5) is 1.91. The number of aliphatic hydroxyl groups excluding tert-OH is 1. The second-order valence-corrected chi connectivity index (χ2v) is 3.41. The fourth-order valence-corrected chi connectivity index (χ4v) is 1.43. The summed E-state index contributed by atoms with van der Waals surface area (Å²) in [5.41, 5.74) is 0.897. The molecule has 3 heteroatoms. The van der Waals surface area contributed by atoms with E-state index in [1.165, 1.54) is 0 Å². The lowest BCUT2D eigenvalue weighted by Crippen LogP contribution is -2.28. The third-order valence-corrected chi connectivity index (χ3v) is 2.36. The fraction of sp³-hybridized carbons (Fsp3) is 0.417. The van der Waals surface area contributed by atoms with E-state index in [9.17, 15) is 5.11 Å². The highest BCUT2D eigenvalue weighted by molar-refractivity contribution is 5.17. The first-order valence-corrected chi connectivity index (χ1v) is 5.10. The highest BCUT2D eigenvalue weighted by Gasteiger charge is 2.11. The molecule has 0 amide bonds. The summed E-state index contributed by atoms with van der Waals surface area (Å²) in [7, 11) is 0. The molecule has 0 aliphatic carbocycles. The van der Waals surface area contributed by atoms with Gasteiger partial charge < -0.3 is 5.11 Å². The normalized spacial score (nSPS) is 12.4. The van der Waals surface area contributed by atoms with Crippen LogP contribution in [0.2, 0.25) is 0 Å². The Morgan fingerprint density at radius 3 is 2.60 bits per heavy atom. The van der Waals surface area contributed by atoms with Gasteiger partial charge in [0.15, 0.2) is 0 Å². The number of aliphatic hydroxyl groups is 1. The van der Waals surface area contributed by atoms with Crippen LogP contribution < -0.4 is 0 Å². The Hall–Kier alpha value is -1.37. The number of likely N-dealkylation sites (N-methyl/N-ethyl adjacent to an activating group) is 1. The number of nitrogens with zero attached hydrogens (tertiary/aromatic N) is 2. The van der Waals surface area contributed by atoms with Gasteiger partial charge in [-0.25, -0.2) is 0 Å². The van der Waals surface area contributed by atoms with Crippen LogP contribution in [0.3, 0.4) is 0 Å². The zero-order valence-corrected chi connectivity index (χ0v) is 8.93. The maximum absolute atomic E-state index is 9.90. The molecule has 1 unspecified atom stereocenters. The maximum Gasteiger partial charge on any atom is 0.0917 e. The predicted octanol–water partition coefficient (Wildman–Crippen LogP) is 1.57. The Labute approximate surface area is 90.6 Å². The molecular formula is C12H16N2O. The molecule has 80 valence electrons. The first-order chi connectivity index (χ1) is 7.27. The van der Waals surface area contributed by atoms with Crippen LogP contribution in [0.5, 0.6) is 0 Å². The van der Waals surface area contributed by atoms with Gasteiger partial charge >= 0.3 is 0 Å². The number of nitriles is 1. The number of hydrogen-bond acceptors (Lipinski definition) is 3. The number of hydrogen-bond donors (Lipinski definition) is 1. The standard InChI is InChI=1S/C12H16N2O/c1-2-14(9-8-13)10-12(15)11-6-4-3-5-7-11/h3-7,12,15H,2,9-10H2,1H3. The molecule has 1 aromatic carbocycles. The third-order valence-electron chi connectivity index (χ3n) is 2.36. The van der Waals surface area contributed by atoms with E-state index in [-0.39, 0.29) is 0 Å². The van der Waals surface area contributed by atoms with Gasteiger partial charge in [0.25, 0.3) is 0 Å². The van der Waals surface area contributed by atoms with E-state index in [1.807, 2.05) is 42.2 Å². The lowest BCUT2D eigenvalue weighted by atomic mass is 10.1. The SMILES string of the molecule is CCN(CC#N)CC(O)c1ccccc1. The highest BCUT2D eigenvalue weighted by atomic mass is 16.3. The Bertz CT molecular complexity index is 318. The average molecular weight is 204 g/mol. The maximum atomic E-state index is 9.90. The van der Waals surface area contributed by atoms with Crippen LogP contribution in [-0.4, -0.2) is 29.6 Å². The lowest BCUT2D eigenvalue weighted by molar-refractivity contribution is 0.123. The predicted molar refractivity (Wildman–Crippen MR) is 59.1 cm³/mol. The second kappa shape index (κ2) is 6.18. The molecule has 0 radical (unpaired) electrons. The van der Waals surface area contributed by atoms with E-state index in [2.05, 4.69) is 6.07 Å². The Morgan fingerprint density at radius 1 is 1.40 bits per heavy atom. The minimum Gasteiger partial charge on any atom is -0.387 e. The molecule has 0 aromatic heterocycles. The molecule has 1 aromatic rings. The van der Waals surface area contributed by atoms with Gasteiger partial charge in [-0.3, -0.25) is 4.90 Å². The molecule has 1 N–H and O–H groups in total. The van der Waals surface area contributed by atoms with Crippen LogP contribution in [0.1, 0.15) is 18.6 Å². The molecule has 3 nitrogen and oxygen atoms in total. The molecule has 1 atom stereocenters. The summed E-state index contributed by atoms with van der Waals surface area (Å²) in [6.07, 6.45) is -0.514. The Balaban J connectivity index is 2.55. The molecule has 0 aliphatic rings. The molecule has 0 heterocycles. The topological polar surface area (TPSA) is 47.3 Å². The largest absolute Gasteiger partial charge is 0.387 e. The molecule has 15 heavy (non-hydrogen) atoms. The van der Waals surface area contributed by atoms with Gasteiger partial charge in [-0.15, -0.1) is 0 Å². The molecule has 0 fully saturated rings. The van der Waals surface area contributed by atoms with Crippen LogP contribution in [0.4, 0.5) is 0 Å². The zero-order chi connectivity index (χ0) is 11.1. The summed E-state index contributed by atoms with van der Waals surface area (Å²) in [6.45, 7) is 3.63. The van der Waals surface area contributed by atoms with Crippen LogP contribution in [0, 0.1) is 11.3 Å². The third kappa shape index (κ3) is 3.70. The minimum absolute atomic E-state index is 0.362. The molecule has 0 bridgehead atoms. The van der Waals surface area contributed by atoms with Crippen molar-refractivity contribution in [2.45, 2.75) is 13.0 Å². The Kier molecular flexibility index (Phi) is 4.82. The quantitative estimate of drug-likeness (QED) is 0.740. The van der Waals surface area contributed by atoms with E-state index in [1.54, 1.807) is 0 Å². The Morgan fingerprint density at radius 2 is 2.07 bits per heavy atom. The average Bonchev–Trinajstić information content (AvgIpc) is 2.29. The summed E-state index contributed by atoms with van der Waals surface area (Å²) >= 11 is 0. The van der Waals surface area contributed by atoms with Crippen molar-refractivity contribution in [1.82, 2.24) is 4.90 Å². The van der Waals surface area contributed by atoms with Crippen molar-refractivity contribution in [2.24, 2.45) is 0 Å². The van der Waals surface area contributed by atoms with Crippen molar-refractivity contribution >= 4 is 0 Å².